The molecule has 13 nitrogen and oxygen atoms in total. The average molecular weight is 593 g/mol. The molecule has 2 aromatic heterocycles. The maximum absolute atomic E-state index is 12.5. The minimum Gasteiger partial charge on any atom is -0.465 e. The zero-order valence-electron chi connectivity index (χ0n) is 22.0. The fourth-order valence-electron chi connectivity index (χ4n) is 3.89. The summed E-state index contributed by atoms with van der Waals surface area (Å²) in [5.74, 6) is -0.548. The van der Waals surface area contributed by atoms with Crippen molar-refractivity contribution in [1.82, 2.24) is 19.6 Å². The summed E-state index contributed by atoms with van der Waals surface area (Å²) in [5.41, 5.74) is -2.88. The summed E-state index contributed by atoms with van der Waals surface area (Å²) in [7, 11) is 0. The van der Waals surface area contributed by atoms with Gasteiger partial charge in [-0.2, -0.15) is 0 Å². The first-order valence-corrected chi connectivity index (χ1v) is 14.8. The molecule has 0 saturated carbocycles. The molecule has 0 radical (unpaired) electrons. The van der Waals surface area contributed by atoms with Gasteiger partial charge in [0.1, 0.15) is 24.2 Å². The molecule has 0 aliphatic carbocycles. The van der Waals surface area contributed by atoms with Crippen molar-refractivity contribution in [2.24, 2.45) is 0 Å². The number of aromatic nitrogens is 3. The molecule has 214 valence electrons. The standard InChI is InChI=1S/C25H29N4O9PS/c1-14(2)36-22(32)15(3)28-39(40,38-18-9-5-8-17-16(18)7-6-11-26-17)35-13-19-21(31)25(4,34)23(37-19)29-12-10-20(30)27-24(29)33/h5-15,21,23,31,34H,1-4H3,(H,28,40)(H,27,30,33)/b19-13+/t15?,21-,23-,25-,39?/m1/s1. The summed E-state index contributed by atoms with van der Waals surface area (Å²) in [6.07, 6.45) is 0.262. The Kier molecular flexibility index (Phi) is 8.47. The Morgan fingerprint density at radius 2 is 2.02 bits per heavy atom. The van der Waals surface area contributed by atoms with Crippen LogP contribution in [0.4, 0.5) is 0 Å². The van der Waals surface area contributed by atoms with E-state index in [4.69, 9.17) is 30.3 Å². The molecule has 1 saturated heterocycles. The number of rotatable bonds is 9. The summed E-state index contributed by atoms with van der Waals surface area (Å²) in [5, 5.41) is 25.3. The first-order valence-electron chi connectivity index (χ1n) is 12.2. The van der Waals surface area contributed by atoms with E-state index in [1.165, 1.54) is 13.8 Å². The first kappa shape index (κ1) is 29.4. The lowest BCUT2D eigenvalue weighted by molar-refractivity contribution is -0.149. The summed E-state index contributed by atoms with van der Waals surface area (Å²) in [4.78, 5) is 42.7. The molecule has 1 fully saturated rings. The molecule has 15 heteroatoms. The number of fused-ring (bicyclic) bond motifs is 1. The van der Waals surface area contributed by atoms with E-state index in [0.717, 1.165) is 23.1 Å². The van der Waals surface area contributed by atoms with Crippen LogP contribution in [-0.2, 0) is 30.6 Å². The summed E-state index contributed by atoms with van der Waals surface area (Å²) in [6.45, 7) is 2.55. The fraction of sp³-hybridized carbons (Fsp3) is 0.360. The average Bonchev–Trinajstić information content (AvgIpc) is 3.11. The maximum Gasteiger partial charge on any atom is 0.365 e. The molecule has 4 N–H and O–H groups in total. The number of benzene rings is 1. The van der Waals surface area contributed by atoms with Crippen LogP contribution in [0.15, 0.2) is 70.4 Å². The van der Waals surface area contributed by atoms with E-state index in [1.807, 2.05) is 0 Å². The highest BCUT2D eigenvalue weighted by atomic mass is 32.5. The van der Waals surface area contributed by atoms with Crippen molar-refractivity contribution in [3.05, 3.63) is 81.7 Å². The third kappa shape index (κ3) is 6.26. The Labute approximate surface area is 233 Å². The largest absolute Gasteiger partial charge is 0.465 e. The number of hydrogen-bond donors (Lipinski definition) is 4. The van der Waals surface area contributed by atoms with Crippen LogP contribution in [0.1, 0.15) is 33.9 Å². The van der Waals surface area contributed by atoms with E-state index in [2.05, 4.69) is 15.1 Å². The van der Waals surface area contributed by atoms with E-state index in [-0.39, 0.29) is 11.9 Å². The van der Waals surface area contributed by atoms with Crippen molar-refractivity contribution < 1.29 is 33.5 Å². The number of aliphatic hydroxyl groups excluding tert-OH is 1. The number of nitrogens with zero attached hydrogens (tertiary/aromatic N) is 2. The lowest BCUT2D eigenvalue weighted by Crippen LogP contribution is -2.45. The van der Waals surface area contributed by atoms with Gasteiger partial charge in [-0.25, -0.2) is 9.88 Å². The van der Waals surface area contributed by atoms with Crippen LogP contribution in [0.5, 0.6) is 5.75 Å². The molecule has 3 aromatic rings. The topological polar surface area (TPSA) is 174 Å². The van der Waals surface area contributed by atoms with Crippen LogP contribution >= 0.6 is 6.64 Å². The Bertz CT molecular complexity index is 1600. The van der Waals surface area contributed by atoms with Crippen LogP contribution in [0.2, 0.25) is 0 Å². The van der Waals surface area contributed by atoms with Gasteiger partial charge in [-0.1, -0.05) is 6.07 Å². The molecule has 0 spiro atoms. The predicted molar refractivity (Wildman–Crippen MR) is 148 cm³/mol. The Hall–Kier alpha value is -3.55. The second-order valence-corrected chi connectivity index (χ2v) is 12.6. The van der Waals surface area contributed by atoms with Gasteiger partial charge in [0.05, 0.1) is 11.6 Å². The van der Waals surface area contributed by atoms with E-state index in [1.54, 1.807) is 50.4 Å². The summed E-state index contributed by atoms with van der Waals surface area (Å²) < 4.78 is 23.8. The molecule has 1 aliphatic heterocycles. The van der Waals surface area contributed by atoms with Gasteiger partial charge in [0.15, 0.2) is 11.4 Å². The van der Waals surface area contributed by atoms with Crippen LogP contribution in [0.25, 0.3) is 10.9 Å². The van der Waals surface area contributed by atoms with Gasteiger partial charge in [-0.3, -0.25) is 24.1 Å². The van der Waals surface area contributed by atoms with Gasteiger partial charge in [-0.15, -0.1) is 0 Å². The SMILES string of the molecule is CC(C)OC(=O)C(C)NP(=S)(O/C=C1/O[C@@H](n2ccc(=O)[nH]c2=O)[C@](C)(O)[C@@H]1O)Oc1cccc2ncccc12. The van der Waals surface area contributed by atoms with Crippen LogP contribution < -0.4 is 20.9 Å². The maximum atomic E-state index is 12.5. The third-order valence-corrected chi connectivity index (χ3v) is 8.19. The van der Waals surface area contributed by atoms with Crippen molar-refractivity contribution in [3.8, 4) is 5.75 Å². The molecule has 2 unspecified atom stereocenters. The summed E-state index contributed by atoms with van der Waals surface area (Å²) >= 11 is 5.73. The smallest absolute Gasteiger partial charge is 0.365 e. The molecule has 0 bridgehead atoms. The number of aliphatic hydroxyl groups is 2. The number of carbonyl (C=O) groups excluding carboxylic acids is 1. The van der Waals surface area contributed by atoms with E-state index in [9.17, 15) is 24.6 Å². The second kappa shape index (κ2) is 11.5. The fourth-order valence-corrected chi connectivity index (χ4v) is 6.13. The molecular formula is C25H29N4O9PS. The number of H-pyrrole nitrogens is 1. The van der Waals surface area contributed by atoms with Crippen molar-refractivity contribution >= 4 is 35.3 Å². The van der Waals surface area contributed by atoms with E-state index < -0.39 is 47.8 Å². The van der Waals surface area contributed by atoms with Crippen molar-refractivity contribution in [1.29, 1.82) is 0 Å². The zero-order chi connectivity index (χ0) is 29.2. The minimum absolute atomic E-state index is 0.273. The lowest BCUT2D eigenvalue weighted by atomic mass is 9.99. The van der Waals surface area contributed by atoms with Crippen LogP contribution in [-0.4, -0.2) is 54.6 Å². The second-order valence-electron chi connectivity index (χ2n) is 9.49. The number of pyridine rings is 1. The van der Waals surface area contributed by atoms with Gasteiger partial charge in [0, 0.05) is 35.7 Å². The predicted octanol–water partition coefficient (Wildman–Crippen LogP) is 1.82. The number of carbonyl (C=O) groups is 1. The van der Waals surface area contributed by atoms with Gasteiger partial charge in [-0.05, 0) is 52.0 Å². The minimum atomic E-state index is -3.64. The molecule has 1 aromatic carbocycles. The first-order chi connectivity index (χ1) is 18.8. The summed E-state index contributed by atoms with van der Waals surface area (Å²) in [6, 6.07) is 8.77. The third-order valence-electron chi connectivity index (χ3n) is 5.86. The molecule has 1 aliphatic rings. The van der Waals surface area contributed by atoms with E-state index in [0.29, 0.717) is 16.7 Å². The number of hydrogen-bond acceptors (Lipinski definition) is 11. The molecule has 0 amide bonds. The monoisotopic (exact) mass is 592 g/mol. The van der Waals surface area contributed by atoms with Crippen LogP contribution in [0, 0.1) is 0 Å². The number of ether oxygens (including phenoxy) is 2. The van der Waals surface area contributed by atoms with Crippen molar-refractivity contribution in [2.75, 3.05) is 0 Å². The van der Waals surface area contributed by atoms with Crippen molar-refractivity contribution in [3.63, 3.8) is 0 Å². The highest BCUT2D eigenvalue weighted by Crippen LogP contribution is 2.49. The Morgan fingerprint density at radius 3 is 2.73 bits per heavy atom. The number of nitrogens with one attached hydrogen (secondary N) is 2. The van der Waals surface area contributed by atoms with Gasteiger partial charge in [0.25, 0.3) is 5.56 Å². The quantitative estimate of drug-likeness (QED) is 0.161. The van der Waals surface area contributed by atoms with Gasteiger partial charge < -0.3 is 28.7 Å². The molecule has 40 heavy (non-hydrogen) atoms. The zero-order valence-corrected chi connectivity index (χ0v) is 23.7. The van der Waals surface area contributed by atoms with Crippen molar-refractivity contribution in [2.45, 2.75) is 57.8 Å². The highest BCUT2D eigenvalue weighted by Gasteiger charge is 2.52. The van der Waals surface area contributed by atoms with Gasteiger partial charge in [0.2, 0.25) is 6.23 Å². The Morgan fingerprint density at radius 1 is 1.27 bits per heavy atom. The molecule has 5 atom stereocenters. The molecule has 4 rings (SSSR count). The van der Waals surface area contributed by atoms with Gasteiger partial charge >= 0.3 is 18.3 Å². The number of aromatic amines is 1. The highest BCUT2D eigenvalue weighted by molar-refractivity contribution is 8.09. The number of esters is 1. The normalized spacial score (nSPS) is 23.9. The molecule has 3 heterocycles. The Balaban J connectivity index is 1.67. The lowest BCUT2D eigenvalue weighted by Gasteiger charge is -2.26. The molecular weight excluding hydrogens is 563 g/mol. The van der Waals surface area contributed by atoms with E-state index >= 15 is 0 Å². The van der Waals surface area contributed by atoms with Crippen LogP contribution in [0.3, 0.4) is 0 Å².